The Morgan fingerprint density at radius 2 is 1.83 bits per heavy atom. The number of pyridine rings is 1. The van der Waals surface area contributed by atoms with Crippen molar-refractivity contribution in [3.05, 3.63) is 66.1 Å². The maximum absolute atomic E-state index is 12.9. The molecule has 12 heteroatoms. The van der Waals surface area contributed by atoms with Crippen LogP contribution >= 0.6 is 0 Å². The van der Waals surface area contributed by atoms with E-state index < -0.39 is 15.6 Å². The Morgan fingerprint density at radius 1 is 1.10 bits per heavy atom. The summed E-state index contributed by atoms with van der Waals surface area (Å²) in [5.74, 6) is -0.233. The fourth-order valence-corrected chi connectivity index (χ4v) is 6.31. The van der Waals surface area contributed by atoms with E-state index in [2.05, 4.69) is 15.0 Å². The molecule has 1 atom stereocenters. The number of nitrogens with zero attached hydrogens (tertiary/aromatic N) is 3. The normalized spacial score (nSPS) is 19.0. The van der Waals surface area contributed by atoms with Gasteiger partial charge in [0.15, 0.2) is 0 Å². The van der Waals surface area contributed by atoms with Crippen molar-refractivity contribution in [2.24, 2.45) is 0 Å². The summed E-state index contributed by atoms with van der Waals surface area (Å²) in [5.41, 5.74) is 1.17. The molecule has 2 aliphatic rings. The highest BCUT2D eigenvalue weighted by atomic mass is 32.2. The molecule has 220 valence electrons. The predicted molar refractivity (Wildman–Crippen MR) is 152 cm³/mol. The van der Waals surface area contributed by atoms with Crippen LogP contribution in [-0.2, 0) is 26.0 Å². The molecule has 2 amide bonds. The maximum Gasteiger partial charge on any atom is 0.410 e. The SMILES string of the molecule is CC(C)(C)OC(=O)N1CCC2(CCC(CNS(=O)(=O)c3ccc(CNC(=O)c4ccc5nccn5c4)cc3)O2)CC1. The van der Waals surface area contributed by atoms with E-state index >= 15 is 0 Å². The minimum absolute atomic E-state index is 0.150. The van der Waals surface area contributed by atoms with E-state index in [9.17, 15) is 18.0 Å². The molecule has 11 nitrogen and oxygen atoms in total. The third-order valence-corrected chi connectivity index (χ3v) is 8.94. The molecule has 1 spiro atoms. The number of carbonyl (C=O) groups excluding carboxylic acids is 2. The average Bonchev–Trinajstić information content (AvgIpc) is 3.57. The lowest BCUT2D eigenvalue weighted by atomic mass is 9.89. The Labute approximate surface area is 240 Å². The molecule has 2 fully saturated rings. The lowest BCUT2D eigenvalue weighted by Gasteiger charge is -2.39. The molecule has 41 heavy (non-hydrogen) atoms. The van der Waals surface area contributed by atoms with E-state index in [4.69, 9.17) is 9.47 Å². The number of benzene rings is 1. The molecule has 1 unspecified atom stereocenters. The van der Waals surface area contributed by atoms with Gasteiger partial charge in [-0.3, -0.25) is 4.79 Å². The number of hydrogen-bond acceptors (Lipinski definition) is 7. The van der Waals surface area contributed by atoms with Gasteiger partial charge in [0.2, 0.25) is 10.0 Å². The Balaban J connectivity index is 1.08. The Morgan fingerprint density at radius 3 is 2.54 bits per heavy atom. The number of piperidine rings is 1. The summed E-state index contributed by atoms with van der Waals surface area (Å²) in [6, 6.07) is 9.92. The molecule has 2 aromatic heterocycles. The van der Waals surface area contributed by atoms with Gasteiger partial charge < -0.3 is 24.1 Å². The zero-order chi connectivity index (χ0) is 29.3. The van der Waals surface area contributed by atoms with Crippen LogP contribution in [0.25, 0.3) is 5.65 Å². The zero-order valence-corrected chi connectivity index (χ0v) is 24.4. The summed E-state index contributed by atoms with van der Waals surface area (Å²) in [4.78, 5) is 30.9. The topological polar surface area (TPSA) is 131 Å². The quantitative estimate of drug-likeness (QED) is 0.435. The molecule has 5 rings (SSSR count). The van der Waals surface area contributed by atoms with Crippen LogP contribution in [0.3, 0.4) is 0 Å². The average molecular weight is 584 g/mol. The predicted octanol–water partition coefficient (Wildman–Crippen LogP) is 3.49. The van der Waals surface area contributed by atoms with E-state index in [1.165, 1.54) is 12.1 Å². The van der Waals surface area contributed by atoms with Gasteiger partial charge in [0, 0.05) is 44.8 Å². The molecule has 0 aliphatic carbocycles. The minimum atomic E-state index is -3.73. The number of fused-ring (bicyclic) bond motifs is 1. The van der Waals surface area contributed by atoms with Gasteiger partial charge >= 0.3 is 6.09 Å². The molecular weight excluding hydrogens is 546 g/mol. The van der Waals surface area contributed by atoms with Crippen molar-refractivity contribution >= 4 is 27.7 Å². The van der Waals surface area contributed by atoms with Crippen molar-refractivity contribution in [3.63, 3.8) is 0 Å². The van der Waals surface area contributed by atoms with E-state index in [1.807, 2.05) is 20.8 Å². The first-order valence-corrected chi connectivity index (χ1v) is 15.4. The van der Waals surface area contributed by atoms with Crippen molar-refractivity contribution < 1.29 is 27.5 Å². The van der Waals surface area contributed by atoms with Gasteiger partial charge in [-0.15, -0.1) is 0 Å². The highest BCUT2D eigenvalue weighted by Crippen LogP contribution is 2.39. The number of hydrogen-bond donors (Lipinski definition) is 2. The number of nitrogens with one attached hydrogen (secondary N) is 2. The van der Waals surface area contributed by atoms with Crippen LogP contribution in [-0.4, -0.2) is 71.6 Å². The first-order chi connectivity index (χ1) is 19.4. The monoisotopic (exact) mass is 583 g/mol. The standard InChI is InChI=1S/C29H37N5O6S/c1-28(2,3)40-27(36)33-15-12-29(13-16-33)11-10-23(39-29)19-32-41(37,38)24-7-4-21(5-8-24)18-31-26(35)22-6-9-25-30-14-17-34(25)20-22/h4-9,14,17,20,23,32H,10-13,15-16,18-19H2,1-3H3,(H,31,35). The second-order valence-electron chi connectivity index (χ2n) is 11.7. The third-order valence-electron chi connectivity index (χ3n) is 7.50. The van der Waals surface area contributed by atoms with Crippen LogP contribution < -0.4 is 10.0 Å². The summed E-state index contributed by atoms with van der Waals surface area (Å²) in [6.45, 7) is 7.10. The van der Waals surface area contributed by atoms with Crippen LogP contribution in [0.4, 0.5) is 4.79 Å². The molecule has 2 aliphatic heterocycles. The second-order valence-corrected chi connectivity index (χ2v) is 13.5. The fraction of sp³-hybridized carbons (Fsp3) is 0.483. The number of carbonyl (C=O) groups is 2. The van der Waals surface area contributed by atoms with Gasteiger partial charge in [-0.2, -0.15) is 0 Å². The van der Waals surface area contributed by atoms with E-state index in [-0.39, 0.29) is 41.7 Å². The Bertz CT molecular complexity index is 1500. The van der Waals surface area contributed by atoms with E-state index in [0.29, 0.717) is 31.5 Å². The van der Waals surface area contributed by atoms with Gasteiger partial charge in [0.05, 0.1) is 22.2 Å². The molecule has 3 aromatic rings. The molecule has 0 saturated carbocycles. The number of sulfonamides is 1. The van der Waals surface area contributed by atoms with Crippen molar-refractivity contribution in [2.75, 3.05) is 19.6 Å². The van der Waals surface area contributed by atoms with Gasteiger partial charge in [0.25, 0.3) is 5.91 Å². The van der Waals surface area contributed by atoms with E-state index in [0.717, 1.165) is 24.1 Å². The van der Waals surface area contributed by atoms with Crippen LogP contribution in [0.1, 0.15) is 62.4 Å². The van der Waals surface area contributed by atoms with Gasteiger partial charge in [-0.1, -0.05) is 12.1 Å². The van der Waals surface area contributed by atoms with Crippen LogP contribution in [0.2, 0.25) is 0 Å². The highest BCUT2D eigenvalue weighted by Gasteiger charge is 2.43. The van der Waals surface area contributed by atoms with Crippen LogP contribution in [0, 0.1) is 0 Å². The number of rotatable bonds is 7. The summed E-state index contributed by atoms with van der Waals surface area (Å²) in [7, 11) is -3.73. The highest BCUT2D eigenvalue weighted by molar-refractivity contribution is 7.89. The van der Waals surface area contributed by atoms with Crippen molar-refractivity contribution in [2.45, 2.75) is 75.2 Å². The number of imidazole rings is 1. The minimum Gasteiger partial charge on any atom is -0.444 e. The molecule has 2 saturated heterocycles. The Hall–Kier alpha value is -3.48. The van der Waals surface area contributed by atoms with Gasteiger partial charge in [0.1, 0.15) is 11.2 Å². The molecule has 1 aromatic carbocycles. The summed E-state index contributed by atoms with van der Waals surface area (Å²) in [5, 5.41) is 2.86. The van der Waals surface area contributed by atoms with Crippen LogP contribution in [0.15, 0.2) is 59.9 Å². The van der Waals surface area contributed by atoms with Crippen LogP contribution in [0.5, 0.6) is 0 Å². The molecule has 4 heterocycles. The smallest absolute Gasteiger partial charge is 0.410 e. The van der Waals surface area contributed by atoms with Gasteiger partial charge in [-0.25, -0.2) is 22.9 Å². The Kier molecular flexibility index (Phi) is 8.09. The first-order valence-electron chi connectivity index (χ1n) is 13.9. The van der Waals surface area contributed by atoms with Crippen molar-refractivity contribution in [1.29, 1.82) is 0 Å². The molecule has 2 N–H and O–H groups in total. The number of ether oxygens (including phenoxy) is 2. The third kappa shape index (κ3) is 7.06. The molecule has 0 bridgehead atoms. The fourth-order valence-electron chi connectivity index (χ4n) is 5.24. The lowest BCUT2D eigenvalue weighted by Crippen LogP contribution is -2.48. The summed E-state index contributed by atoms with van der Waals surface area (Å²) >= 11 is 0. The second kappa shape index (κ2) is 11.4. The summed E-state index contributed by atoms with van der Waals surface area (Å²) < 4.78 is 42.1. The number of aromatic nitrogens is 2. The summed E-state index contributed by atoms with van der Waals surface area (Å²) in [6.07, 6.45) is 7.59. The van der Waals surface area contributed by atoms with Gasteiger partial charge in [-0.05, 0) is 76.3 Å². The number of likely N-dealkylation sites (tertiary alicyclic amines) is 1. The largest absolute Gasteiger partial charge is 0.444 e. The van der Waals surface area contributed by atoms with Crippen molar-refractivity contribution in [3.8, 4) is 0 Å². The number of amides is 2. The lowest BCUT2D eigenvalue weighted by molar-refractivity contribution is -0.0758. The maximum atomic E-state index is 12.9. The molecule has 0 radical (unpaired) electrons. The zero-order valence-electron chi connectivity index (χ0n) is 23.6. The first kappa shape index (κ1) is 29.0. The van der Waals surface area contributed by atoms with E-state index in [1.54, 1.807) is 52.2 Å². The van der Waals surface area contributed by atoms with Crippen molar-refractivity contribution in [1.82, 2.24) is 24.3 Å². The molecular formula is C29H37N5O6S.